The van der Waals surface area contributed by atoms with Gasteiger partial charge in [-0.1, -0.05) is 0 Å². The first-order valence-electron chi connectivity index (χ1n) is 4.43. The molecule has 0 bridgehead atoms. The summed E-state index contributed by atoms with van der Waals surface area (Å²) in [6, 6.07) is 3.90. The minimum absolute atomic E-state index is 0. The van der Waals surface area contributed by atoms with E-state index in [4.69, 9.17) is 5.11 Å². The third-order valence-electron chi connectivity index (χ3n) is 1.86. The quantitative estimate of drug-likeness (QED) is 0.783. The van der Waals surface area contributed by atoms with Gasteiger partial charge >= 0.3 is 5.97 Å². The molecule has 1 heterocycles. The van der Waals surface area contributed by atoms with Crippen molar-refractivity contribution in [2.75, 3.05) is 5.75 Å². The molecule has 1 aromatic heterocycles. The van der Waals surface area contributed by atoms with Gasteiger partial charge in [0.15, 0.2) is 0 Å². The van der Waals surface area contributed by atoms with Crippen LogP contribution >= 0.6 is 11.8 Å². The Morgan fingerprint density at radius 3 is 2.67 bits per heavy atom. The number of carbonyl (C=O) groups is 1. The molecule has 0 amide bonds. The molecule has 0 fully saturated rings. The van der Waals surface area contributed by atoms with Crippen LogP contribution in [0.15, 0.2) is 24.5 Å². The molecule has 1 radical (unpaired) electrons. The molecule has 1 N–H and O–H groups in total. The minimum atomic E-state index is -0.746. The van der Waals surface area contributed by atoms with Crippen molar-refractivity contribution in [2.24, 2.45) is 0 Å². The zero-order chi connectivity index (χ0) is 10.4. The average Bonchev–Trinajstić information content (AvgIpc) is 2.19. The number of aromatic nitrogens is 1. The summed E-state index contributed by atoms with van der Waals surface area (Å²) in [5, 5.41) is 8.33. The summed E-state index contributed by atoms with van der Waals surface area (Å²) < 4.78 is 0. The zero-order valence-corrected chi connectivity index (χ0v) is 11.8. The molecule has 5 heteroatoms. The van der Waals surface area contributed by atoms with Crippen LogP contribution in [-0.4, -0.2) is 56.6 Å². The van der Waals surface area contributed by atoms with Gasteiger partial charge in [-0.15, -0.1) is 11.8 Å². The van der Waals surface area contributed by atoms with Gasteiger partial charge in [0.1, 0.15) is 0 Å². The van der Waals surface area contributed by atoms with Crippen LogP contribution < -0.4 is 0 Å². The predicted octanol–water partition coefficient (Wildman–Crippen LogP) is 1.45. The predicted molar refractivity (Wildman–Crippen MR) is 63.3 cm³/mol. The minimum Gasteiger partial charge on any atom is -0.480 e. The third kappa shape index (κ3) is 6.20. The first-order valence-corrected chi connectivity index (χ1v) is 5.48. The maximum Gasteiger partial charge on any atom is 0.316 e. The van der Waals surface area contributed by atoms with Crippen molar-refractivity contribution in [1.29, 1.82) is 0 Å². The van der Waals surface area contributed by atoms with Crippen LogP contribution in [0.25, 0.3) is 0 Å². The molecule has 1 atom stereocenters. The first kappa shape index (κ1) is 15.0. The van der Waals surface area contributed by atoms with E-state index in [0.29, 0.717) is 0 Å². The fraction of sp³-hybridized carbons (Fsp3) is 0.400. The molecule has 0 aromatic carbocycles. The van der Waals surface area contributed by atoms with Crippen molar-refractivity contribution in [3.8, 4) is 0 Å². The fourth-order valence-electron chi connectivity index (χ4n) is 0.974. The summed E-state index contributed by atoms with van der Waals surface area (Å²) in [6.07, 6.45) is 4.39. The van der Waals surface area contributed by atoms with Gasteiger partial charge < -0.3 is 5.11 Å². The molecular weight excluding hydrogens is 221 g/mol. The number of rotatable bonds is 5. The summed E-state index contributed by atoms with van der Waals surface area (Å²) in [5.74, 6) is 0.0852. The molecule has 0 saturated heterocycles. The summed E-state index contributed by atoms with van der Waals surface area (Å²) in [4.78, 5) is 14.4. The normalized spacial score (nSPS) is 11.5. The monoisotopic (exact) mass is 234 g/mol. The Morgan fingerprint density at radius 2 is 2.13 bits per heavy atom. The van der Waals surface area contributed by atoms with E-state index in [1.807, 2.05) is 12.1 Å². The number of thioether (sulfide) groups is 1. The van der Waals surface area contributed by atoms with E-state index in [9.17, 15) is 4.79 Å². The van der Waals surface area contributed by atoms with Crippen molar-refractivity contribution < 1.29 is 9.90 Å². The second-order valence-corrected chi connectivity index (χ2v) is 4.41. The maximum atomic E-state index is 10.5. The molecule has 0 saturated carbocycles. The van der Waals surface area contributed by atoms with Gasteiger partial charge in [-0.2, -0.15) is 0 Å². The smallest absolute Gasteiger partial charge is 0.316 e. The Kier molecular flexibility index (Phi) is 8.14. The number of hydrogen-bond acceptors (Lipinski definition) is 3. The number of carboxylic acid groups (broad SMARTS) is 1. The van der Waals surface area contributed by atoms with Gasteiger partial charge in [0, 0.05) is 42.0 Å². The number of pyridine rings is 1. The van der Waals surface area contributed by atoms with Crippen molar-refractivity contribution >= 4 is 47.3 Å². The number of hydrogen-bond donors (Lipinski definition) is 1. The molecule has 1 unspecified atom stereocenters. The maximum absolute atomic E-state index is 10.5. The molecular formula is C10H13NNaO2S. The van der Waals surface area contributed by atoms with E-state index in [-0.39, 0.29) is 34.8 Å². The topological polar surface area (TPSA) is 50.2 Å². The summed E-state index contributed by atoms with van der Waals surface area (Å²) >= 11 is 1.46. The average molecular weight is 234 g/mol. The molecule has 15 heavy (non-hydrogen) atoms. The van der Waals surface area contributed by atoms with Crippen LogP contribution in [0, 0.1) is 0 Å². The van der Waals surface area contributed by atoms with Gasteiger partial charge in [0.2, 0.25) is 0 Å². The van der Waals surface area contributed by atoms with E-state index < -0.39 is 5.97 Å². The van der Waals surface area contributed by atoms with Crippen LogP contribution in [0.4, 0.5) is 0 Å². The number of nitrogens with zero attached hydrogens (tertiary/aromatic N) is 1. The second-order valence-electron chi connectivity index (χ2n) is 2.96. The van der Waals surface area contributed by atoms with Crippen LogP contribution in [0.1, 0.15) is 12.5 Å². The SMILES string of the molecule is CC(SCCc1ccncc1)C(=O)O.[Na]. The molecule has 1 rings (SSSR count). The second kappa shape index (κ2) is 8.16. The van der Waals surface area contributed by atoms with Gasteiger partial charge in [0.25, 0.3) is 0 Å². The third-order valence-corrected chi connectivity index (χ3v) is 3.00. The van der Waals surface area contributed by atoms with Crippen LogP contribution in [0.5, 0.6) is 0 Å². The van der Waals surface area contributed by atoms with Gasteiger partial charge in [-0.3, -0.25) is 9.78 Å². The van der Waals surface area contributed by atoms with Gasteiger partial charge in [0.05, 0.1) is 5.25 Å². The molecule has 0 aliphatic heterocycles. The van der Waals surface area contributed by atoms with Crippen LogP contribution in [-0.2, 0) is 11.2 Å². The fourth-order valence-corrected chi connectivity index (χ4v) is 1.82. The number of carboxylic acids is 1. The van der Waals surface area contributed by atoms with Gasteiger partial charge in [-0.25, -0.2) is 0 Å². The van der Waals surface area contributed by atoms with Crippen LogP contribution in [0.2, 0.25) is 0 Å². The van der Waals surface area contributed by atoms with E-state index in [1.54, 1.807) is 19.3 Å². The zero-order valence-electron chi connectivity index (χ0n) is 9.01. The Balaban J connectivity index is 0.00000196. The van der Waals surface area contributed by atoms with Crippen molar-refractivity contribution in [1.82, 2.24) is 4.98 Å². The Hall–Kier alpha value is -0.0300. The summed E-state index contributed by atoms with van der Waals surface area (Å²) in [7, 11) is 0. The van der Waals surface area contributed by atoms with E-state index in [0.717, 1.165) is 12.2 Å². The standard InChI is InChI=1S/C10H13NO2S.Na/c1-8(10(12)13)14-7-4-9-2-5-11-6-3-9;/h2-3,5-6,8H,4,7H2,1H3,(H,12,13);. The molecule has 77 valence electrons. The first-order chi connectivity index (χ1) is 6.70. The van der Waals surface area contributed by atoms with Gasteiger partial charge in [-0.05, 0) is 36.8 Å². The van der Waals surface area contributed by atoms with E-state index in [1.165, 1.54) is 17.3 Å². The van der Waals surface area contributed by atoms with Crippen molar-refractivity contribution in [3.05, 3.63) is 30.1 Å². The molecule has 3 nitrogen and oxygen atoms in total. The molecule has 0 spiro atoms. The van der Waals surface area contributed by atoms with Crippen molar-refractivity contribution in [3.63, 3.8) is 0 Å². The summed E-state index contributed by atoms with van der Waals surface area (Å²) in [6.45, 7) is 1.71. The Labute approximate surface area is 116 Å². The van der Waals surface area contributed by atoms with Crippen LogP contribution in [0.3, 0.4) is 0 Å². The summed E-state index contributed by atoms with van der Waals surface area (Å²) in [5.41, 5.74) is 1.20. The molecule has 0 aliphatic carbocycles. The van der Waals surface area contributed by atoms with Crippen molar-refractivity contribution in [2.45, 2.75) is 18.6 Å². The Bertz CT molecular complexity index is 295. The van der Waals surface area contributed by atoms with E-state index in [2.05, 4.69) is 4.98 Å². The largest absolute Gasteiger partial charge is 0.480 e. The number of aliphatic carboxylic acids is 1. The molecule has 1 aromatic rings. The number of aryl methyl sites for hydroxylation is 1. The Morgan fingerprint density at radius 1 is 1.53 bits per heavy atom. The molecule has 0 aliphatic rings. The van der Waals surface area contributed by atoms with E-state index >= 15 is 0 Å².